The molecule has 1 aliphatic heterocycles. The number of ether oxygens (including phenoxy) is 1. The number of hydrogen-bond acceptors (Lipinski definition) is 4. The molecule has 1 saturated heterocycles. The standard InChI is InChI=1S/C18H28N2O2S.ClH/c1-22-18(9-11-19-12-10-18)16(21)20-14-17(7-3-2-4-8-17)15-6-5-13-23-15;/h5-6,13,19H,2-4,7-12,14H2,1H3,(H,20,21);1H. The summed E-state index contributed by atoms with van der Waals surface area (Å²) in [5, 5.41) is 8.71. The molecule has 6 heteroatoms. The largest absolute Gasteiger partial charge is 0.368 e. The third-order valence-electron chi connectivity index (χ3n) is 5.66. The van der Waals surface area contributed by atoms with E-state index in [1.807, 2.05) is 11.3 Å². The molecule has 0 atom stereocenters. The van der Waals surface area contributed by atoms with Crippen molar-refractivity contribution in [2.75, 3.05) is 26.7 Å². The monoisotopic (exact) mass is 372 g/mol. The molecule has 136 valence electrons. The number of methoxy groups -OCH3 is 1. The van der Waals surface area contributed by atoms with Crippen LogP contribution in [0.2, 0.25) is 0 Å². The molecule has 24 heavy (non-hydrogen) atoms. The van der Waals surface area contributed by atoms with E-state index in [9.17, 15) is 4.79 Å². The fraction of sp³-hybridized carbons (Fsp3) is 0.722. The fourth-order valence-corrected chi connectivity index (χ4v) is 5.07. The Kier molecular flexibility index (Phi) is 7.10. The fourth-order valence-electron chi connectivity index (χ4n) is 4.08. The molecule has 0 aromatic carbocycles. The topological polar surface area (TPSA) is 50.4 Å². The predicted octanol–water partition coefficient (Wildman–Crippen LogP) is 3.26. The smallest absolute Gasteiger partial charge is 0.252 e. The minimum absolute atomic E-state index is 0. The van der Waals surface area contributed by atoms with Gasteiger partial charge in [-0.2, -0.15) is 0 Å². The van der Waals surface area contributed by atoms with Crippen molar-refractivity contribution >= 4 is 29.7 Å². The van der Waals surface area contributed by atoms with E-state index in [2.05, 4.69) is 28.1 Å². The summed E-state index contributed by atoms with van der Waals surface area (Å²) >= 11 is 1.83. The lowest BCUT2D eigenvalue weighted by molar-refractivity contribution is -0.147. The number of halogens is 1. The summed E-state index contributed by atoms with van der Waals surface area (Å²) in [5.74, 6) is 0.0722. The Hall–Kier alpha value is -0.620. The first-order valence-electron chi connectivity index (χ1n) is 8.79. The number of rotatable bonds is 5. The maximum Gasteiger partial charge on any atom is 0.252 e. The molecule has 0 bridgehead atoms. The Morgan fingerprint density at radius 1 is 1.25 bits per heavy atom. The minimum atomic E-state index is -0.642. The van der Waals surface area contributed by atoms with Crippen LogP contribution in [0.25, 0.3) is 0 Å². The van der Waals surface area contributed by atoms with Crippen molar-refractivity contribution < 1.29 is 9.53 Å². The first kappa shape index (κ1) is 19.7. The van der Waals surface area contributed by atoms with Gasteiger partial charge in [0.25, 0.3) is 5.91 Å². The Bertz CT molecular complexity index is 509. The molecule has 1 aromatic heterocycles. The second-order valence-electron chi connectivity index (χ2n) is 6.95. The maximum atomic E-state index is 12.8. The van der Waals surface area contributed by atoms with Gasteiger partial charge in [-0.05, 0) is 50.2 Å². The van der Waals surface area contributed by atoms with E-state index in [1.165, 1.54) is 37.0 Å². The molecule has 1 aliphatic carbocycles. The molecule has 0 spiro atoms. The van der Waals surface area contributed by atoms with Gasteiger partial charge in [0.15, 0.2) is 0 Å². The second-order valence-corrected chi connectivity index (χ2v) is 7.90. The zero-order chi connectivity index (χ0) is 16.2. The first-order valence-corrected chi connectivity index (χ1v) is 9.67. The third kappa shape index (κ3) is 3.96. The molecule has 2 N–H and O–H groups in total. The van der Waals surface area contributed by atoms with Crippen molar-refractivity contribution in [2.45, 2.75) is 56.0 Å². The Morgan fingerprint density at radius 3 is 2.54 bits per heavy atom. The summed E-state index contributed by atoms with van der Waals surface area (Å²) in [7, 11) is 1.67. The summed E-state index contributed by atoms with van der Waals surface area (Å²) < 4.78 is 5.65. The van der Waals surface area contributed by atoms with E-state index in [4.69, 9.17) is 4.74 Å². The molecule has 1 aromatic rings. The van der Waals surface area contributed by atoms with Crippen LogP contribution in [-0.4, -0.2) is 38.3 Å². The van der Waals surface area contributed by atoms with Gasteiger partial charge < -0.3 is 15.4 Å². The number of carbonyl (C=O) groups is 1. The van der Waals surface area contributed by atoms with Crippen LogP contribution in [-0.2, 0) is 14.9 Å². The SMILES string of the molecule is COC1(C(=O)NCC2(c3cccs3)CCCCC2)CCNCC1.Cl. The third-order valence-corrected chi connectivity index (χ3v) is 6.77. The first-order chi connectivity index (χ1) is 11.2. The van der Waals surface area contributed by atoms with Gasteiger partial charge in [-0.3, -0.25) is 4.79 Å². The summed E-state index contributed by atoms with van der Waals surface area (Å²) in [6, 6.07) is 4.36. The van der Waals surface area contributed by atoms with Crippen LogP contribution in [0, 0.1) is 0 Å². The molecule has 2 fully saturated rings. The quantitative estimate of drug-likeness (QED) is 0.834. The van der Waals surface area contributed by atoms with Crippen molar-refractivity contribution in [3.05, 3.63) is 22.4 Å². The van der Waals surface area contributed by atoms with Crippen molar-refractivity contribution in [2.24, 2.45) is 0 Å². The van der Waals surface area contributed by atoms with Gasteiger partial charge in [0.2, 0.25) is 0 Å². The Balaban J connectivity index is 0.00000208. The van der Waals surface area contributed by atoms with Crippen LogP contribution in [0.4, 0.5) is 0 Å². The van der Waals surface area contributed by atoms with E-state index in [-0.39, 0.29) is 23.7 Å². The predicted molar refractivity (Wildman–Crippen MR) is 101 cm³/mol. The van der Waals surface area contributed by atoms with Gasteiger partial charge in [-0.15, -0.1) is 23.7 Å². The van der Waals surface area contributed by atoms with E-state index < -0.39 is 5.60 Å². The van der Waals surface area contributed by atoms with Crippen molar-refractivity contribution in [1.82, 2.24) is 10.6 Å². The number of hydrogen-bond donors (Lipinski definition) is 2. The maximum absolute atomic E-state index is 12.8. The van der Waals surface area contributed by atoms with E-state index >= 15 is 0 Å². The van der Waals surface area contributed by atoms with Crippen LogP contribution >= 0.6 is 23.7 Å². The van der Waals surface area contributed by atoms with Gasteiger partial charge in [0.05, 0.1) is 0 Å². The number of thiophene rings is 1. The molecule has 4 nitrogen and oxygen atoms in total. The minimum Gasteiger partial charge on any atom is -0.368 e. The van der Waals surface area contributed by atoms with E-state index in [1.54, 1.807) is 7.11 Å². The number of nitrogens with one attached hydrogen (secondary N) is 2. The van der Waals surface area contributed by atoms with Crippen LogP contribution in [0.15, 0.2) is 17.5 Å². The summed E-state index contributed by atoms with van der Waals surface area (Å²) in [5.41, 5.74) is -0.513. The average molecular weight is 373 g/mol. The van der Waals surface area contributed by atoms with Gasteiger partial charge in [-0.1, -0.05) is 25.3 Å². The molecule has 2 heterocycles. The van der Waals surface area contributed by atoms with Crippen molar-refractivity contribution in [3.63, 3.8) is 0 Å². The van der Waals surface area contributed by atoms with Crippen LogP contribution < -0.4 is 10.6 Å². The second kappa shape index (κ2) is 8.65. The lowest BCUT2D eigenvalue weighted by Crippen LogP contribution is -2.56. The molecule has 1 amide bonds. The number of amides is 1. The van der Waals surface area contributed by atoms with Gasteiger partial charge in [0, 0.05) is 23.9 Å². The molecular weight excluding hydrogens is 344 g/mol. The highest BCUT2D eigenvalue weighted by Gasteiger charge is 2.42. The molecule has 0 radical (unpaired) electrons. The van der Waals surface area contributed by atoms with Crippen LogP contribution in [0.3, 0.4) is 0 Å². The normalized spacial score (nSPS) is 22.4. The highest BCUT2D eigenvalue weighted by Crippen LogP contribution is 2.41. The van der Waals surface area contributed by atoms with Gasteiger partial charge in [-0.25, -0.2) is 0 Å². The summed E-state index contributed by atoms with van der Waals surface area (Å²) in [6.45, 7) is 2.43. The molecule has 3 rings (SSSR count). The van der Waals surface area contributed by atoms with Gasteiger partial charge in [0.1, 0.15) is 5.60 Å². The Labute approximate surface area is 155 Å². The molecule has 2 aliphatic rings. The lowest BCUT2D eigenvalue weighted by Gasteiger charge is -2.39. The number of carbonyl (C=O) groups excluding carboxylic acids is 1. The van der Waals surface area contributed by atoms with E-state index in [0.717, 1.165) is 32.5 Å². The zero-order valence-electron chi connectivity index (χ0n) is 14.4. The average Bonchev–Trinajstić information content (AvgIpc) is 3.16. The highest BCUT2D eigenvalue weighted by molar-refractivity contribution is 7.10. The Morgan fingerprint density at radius 2 is 1.96 bits per heavy atom. The summed E-state index contributed by atoms with van der Waals surface area (Å²) in [6.07, 6.45) is 7.68. The lowest BCUT2D eigenvalue weighted by atomic mass is 9.72. The van der Waals surface area contributed by atoms with Gasteiger partial charge >= 0.3 is 0 Å². The summed E-state index contributed by atoms with van der Waals surface area (Å²) in [4.78, 5) is 14.3. The van der Waals surface area contributed by atoms with Crippen LogP contribution in [0.5, 0.6) is 0 Å². The van der Waals surface area contributed by atoms with Crippen molar-refractivity contribution in [1.29, 1.82) is 0 Å². The molecular formula is C18H29ClN2O2S. The van der Waals surface area contributed by atoms with Crippen molar-refractivity contribution in [3.8, 4) is 0 Å². The zero-order valence-corrected chi connectivity index (χ0v) is 16.1. The molecule has 0 unspecified atom stereocenters. The molecule has 1 saturated carbocycles. The van der Waals surface area contributed by atoms with E-state index in [0.29, 0.717) is 0 Å². The highest BCUT2D eigenvalue weighted by atomic mass is 35.5. The number of piperidine rings is 1. The van der Waals surface area contributed by atoms with Crippen LogP contribution in [0.1, 0.15) is 49.8 Å².